The van der Waals surface area contributed by atoms with E-state index in [4.69, 9.17) is 9.47 Å². The van der Waals surface area contributed by atoms with Gasteiger partial charge in [0.15, 0.2) is 0 Å². The third-order valence-electron chi connectivity index (χ3n) is 3.21. The van der Waals surface area contributed by atoms with E-state index in [-0.39, 0.29) is 5.91 Å². The van der Waals surface area contributed by atoms with E-state index in [0.717, 1.165) is 10.0 Å². The van der Waals surface area contributed by atoms with Gasteiger partial charge in [-0.15, -0.1) is 0 Å². The summed E-state index contributed by atoms with van der Waals surface area (Å²) < 4.78 is 11.4. The van der Waals surface area contributed by atoms with Gasteiger partial charge in [0.2, 0.25) is 5.91 Å². The van der Waals surface area contributed by atoms with Crippen LogP contribution >= 0.6 is 15.9 Å². The number of hydrogen-bond acceptors (Lipinski definition) is 3. The first-order valence-electron chi connectivity index (χ1n) is 6.88. The van der Waals surface area contributed by atoms with Gasteiger partial charge >= 0.3 is 0 Å². The molecule has 2 aromatic carbocycles. The normalized spacial score (nSPS) is 10.1. The summed E-state index contributed by atoms with van der Waals surface area (Å²) in [6.07, 6.45) is 1.08. The number of aryl methyl sites for hydroxylation is 1. The number of carbonyl (C=O) groups excluding carboxylic acids is 1. The lowest BCUT2D eigenvalue weighted by atomic mass is 10.1. The summed E-state index contributed by atoms with van der Waals surface area (Å²) >= 11 is 3.43. The van der Waals surface area contributed by atoms with Gasteiger partial charge in [-0.2, -0.15) is 0 Å². The van der Waals surface area contributed by atoms with Crippen LogP contribution in [-0.4, -0.2) is 20.1 Å². The summed E-state index contributed by atoms with van der Waals surface area (Å²) in [4.78, 5) is 12.1. The number of anilines is 1. The molecule has 0 fully saturated rings. The molecular weight excluding hydrogens is 346 g/mol. The molecule has 0 aromatic heterocycles. The third kappa shape index (κ3) is 4.49. The van der Waals surface area contributed by atoms with Crippen molar-refractivity contribution >= 4 is 27.5 Å². The molecule has 1 amide bonds. The largest absolute Gasteiger partial charge is 0.497 e. The summed E-state index contributed by atoms with van der Waals surface area (Å²) in [5.74, 6) is 1.21. The average molecular weight is 364 g/mol. The van der Waals surface area contributed by atoms with Crippen molar-refractivity contribution in [3.05, 3.63) is 52.5 Å². The van der Waals surface area contributed by atoms with Crippen molar-refractivity contribution in [1.29, 1.82) is 0 Å². The molecule has 4 nitrogen and oxygen atoms in total. The van der Waals surface area contributed by atoms with E-state index >= 15 is 0 Å². The number of hydrogen-bond donors (Lipinski definition) is 1. The van der Waals surface area contributed by atoms with E-state index in [1.54, 1.807) is 32.4 Å². The van der Waals surface area contributed by atoms with Crippen molar-refractivity contribution < 1.29 is 14.3 Å². The Morgan fingerprint density at radius 2 is 1.95 bits per heavy atom. The minimum atomic E-state index is -0.0634. The van der Waals surface area contributed by atoms with Crippen LogP contribution in [0, 0.1) is 0 Å². The lowest BCUT2D eigenvalue weighted by Crippen LogP contribution is -2.13. The molecule has 0 radical (unpaired) electrons. The molecule has 2 aromatic rings. The molecule has 0 heterocycles. The molecule has 0 aliphatic heterocycles. The second-order valence-electron chi connectivity index (χ2n) is 4.74. The summed E-state index contributed by atoms with van der Waals surface area (Å²) in [5, 5.41) is 2.87. The highest BCUT2D eigenvalue weighted by Gasteiger charge is 2.09. The quantitative estimate of drug-likeness (QED) is 0.842. The van der Waals surface area contributed by atoms with E-state index in [0.29, 0.717) is 30.0 Å². The molecule has 22 heavy (non-hydrogen) atoms. The lowest BCUT2D eigenvalue weighted by Gasteiger charge is -2.11. The maximum absolute atomic E-state index is 12.1. The Hall–Kier alpha value is -2.01. The summed E-state index contributed by atoms with van der Waals surface area (Å²) in [6, 6.07) is 13.2. The Morgan fingerprint density at radius 3 is 2.64 bits per heavy atom. The average Bonchev–Trinajstić information content (AvgIpc) is 2.53. The van der Waals surface area contributed by atoms with E-state index in [9.17, 15) is 4.79 Å². The zero-order valence-electron chi connectivity index (χ0n) is 12.6. The highest BCUT2D eigenvalue weighted by Crippen LogP contribution is 2.29. The maximum Gasteiger partial charge on any atom is 0.224 e. The molecule has 1 N–H and O–H groups in total. The second-order valence-corrected chi connectivity index (χ2v) is 5.66. The van der Waals surface area contributed by atoms with E-state index in [2.05, 4.69) is 21.2 Å². The number of carbonyl (C=O) groups is 1. The molecule has 0 spiro atoms. The zero-order chi connectivity index (χ0) is 15.9. The standard InChI is InChI=1S/C17H18BrNO3/c1-21-14-7-8-16(22-2)15(11-14)19-17(20)9-6-12-4-3-5-13(18)10-12/h3-5,7-8,10-11H,6,9H2,1-2H3,(H,19,20). The van der Waals surface area contributed by atoms with E-state index in [1.807, 2.05) is 24.3 Å². The Bertz CT molecular complexity index is 658. The maximum atomic E-state index is 12.1. The number of nitrogens with one attached hydrogen (secondary N) is 1. The van der Waals surface area contributed by atoms with Crippen LogP contribution in [-0.2, 0) is 11.2 Å². The topological polar surface area (TPSA) is 47.6 Å². The van der Waals surface area contributed by atoms with Gasteiger partial charge in [-0.1, -0.05) is 28.1 Å². The van der Waals surface area contributed by atoms with Crippen LogP contribution in [0.5, 0.6) is 11.5 Å². The van der Waals surface area contributed by atoms with E-state index < -0.39 is 0 Å². The monoisotopic (exact) mass is 363 g/mol. The van der Waals surface area contributed by atoms with Gasteiger partial charge in [0, 0.05) is 17.0 Å². The fraction of sp³-hybridized carbons (Fsp3) is 0.235. The van der Waals surface area contributed by atoms with Crippen molar-refractivity contribution in [1.82, 2.24) is 0 Å². The molecule has 5 heteroatoms. The van der Waals surface area contributed by atoms with E-state index in [1.165, 1.54) is 0 Å². The van der Waals surface area contributed by atoms with Gasteiger partial charge < -0.3 is 14.8 Å². The van der Waals surface area contributed by atoms with Gasteiger partial charge in [0.1, 0.15) is 11.5 Å². The van der Waals surface area contributed by atoms with Crippen molar-refractivity contribution in [2.24, 2.45) is 0 Å². The number of benzene rings is 2. The Balaban J connectivity index is 1.99. The molecule has 0 atom stereocenters. The molecule has 0 bridgehead atoms. The Morgan fingerprint density at radius 1 is 1.14 bits per heavy atom. The van der Waals surface area contributed by atoms with Crippen LogP contribution in [0.2, 0.25) is 0 Å². The van der Waals surface area contributed by atoms with Crippen LogP contribution in [0.4, 0.5) is 5.69 Å². The van der Waals surface area contributed by atoms with Crippen LogP contribution in [0.1, 0.15) is 12.0 Å². The number of rotatable bonds is 6. The van der Waals surface area contributed by atoms with Gasteiger partial charge in [-0.3, -0.25) is 4.79 Å². The van der Waals surface area contributed by atoms with Crippen LogP contribution < -0.4 is 14.8 Å². The Kier molecular flexibility index (Phi) is 5.83. The van der Waals surface area contributed by atoms with Gasteiger partial charge in [0.05, 0.1) is 19.9 Å². The summed E-state index contributed by atoms with van der Waals surface area (Å²) in [5.41, 5.74) is 1.73. The first kappa shape index (κ1) is 16.4. The van der Waals surface area contributed by atoms with Gasteiger partial charge in [-0.25, -0.2) is 0 Å². The summed E-state index contributed by atoms with van der Waals surface area (Å²) in [7, 11) is 3.15. The number of amides is 1. The molecule has 0 unspecified atom stereocenters. The number of halogens is 1. The van der Waals surface area contributed by atoms with Crippen LogP contribution in [0.15, 0.2) is 46.9 Å². The SMILES string of the molecule is COc1ccc(OC)c(NC(=O)CCc2cccc(Br)c2)c1. The molecule has 2 rings (SSSR count). The van der Waals surface area contributed by atoms with Crippen LogP contribution in [0.25, 0.3) is 0 Å². The molecule has 0 saturated carbocycles. The van der Waals surface area contributed by atoms with Crippen LogP contribution in [0.3, 0.4) is 0 Å². The zero-order valence-corrected chi connectivity index (χ0v) is 14.1. The molecule has 0 aliphatic rings. The first-order chi connectivity index (χ1) is 10.6. The summed E-state index contributed by atoms with van der Waals surface area (Å²) in [6.45, 7) is 0. The van der Waals surface area contributed by atoms with Crippen molar-refractivity contribution in [2.45, 2.75) is 12.8 Å². The highest BCUT2D eigenvalue weighted by atomic mass is 79.9. The number of ether oxygens (including phenoxy) is 2. The third-order valence-corrected chi connectivity index (χ3v) is 3.70. The number of methoxy groups -OCH3 is 2. The van der Waals surface area contributed by atoms with Gasteiger partial charge in [0.25, 0.3) is 0 Å². The van der Waals surface area contributed by atoms with Crippen molar-refractivity contribution in [3.63, 3.8) is 0 Å². The van der Waals surface area contributed by atoms with Crippen molar-refractivity contribution in [2.75, 3.05) is 19.5 Å². The lowest BCUT2D eigenvalue weighted by molar-refractivity contribution is -0.116. The first-order valence-corrected chi connectivity index (χ1v) is 7.68. The predicted octanol–water partition coefficient (Wildman–Crippen LogP) is 4.04. The minimum Gasteiger partial charge on any atom is -0.497 e. The molecular formula is C17H18BrNO3. The minimum absolute atomic E-state index is 0.0634. The fourth-order valence-electron chi connectivity index (χ4n) is 2.07. The van der Waals surface area contributed by atoms with Gasteiger partial charge in [-0.05, 0) is 36.2 Å². The van der Waals surface area contributed by atoms with Crippen molar-refractivity contribution in [3.8, 4) is 11.5 Å². The molecule has 0 aliphatic carbocycles. The predicted molar refractivity (Wildman–Crippen MR) is 90.6 cm³/mol. The smallest absolute Gasteiger partial charge is 0.224 e. The Labute approximate surface area is 138 Å². The fourth-order valence-corrected chi connectivity index (χ4v) is 2.52. The second kappa shape index (κ2) is 7.84. The molecule has 0 saturated heterocycles. The molecule has 116 valence electrons. The highest BCUT2D eigenvalue weighted by molar-refractivity contribution is 9.10.